The fourth-order valence-electron chi connectivity index (χ4n) is 6.04. The Kier molecular flexibility index (Phi) is 27.6. The highest BCUT2D eigenvalue weighted by atomic mass is 35.5. The number of alkyl halides is 3. The van der Waals surface area contributed by atoms with Crippen LogP contribution in [0.1, 0.15) is 54.4 Å². The number of nitrogens with zero attached hydrogens (tertiary/aromatic N) is 3. The van der Waals surface area contributed by atoms with Crippen LogP contribution < -0.4 is 20.3 Å². The zero-order valence-electron chi connectivity index (χ0n) is 40.4. The first-order valence-electron chi connectivity index (χ1n) is 22.6. The number of hydrogen-bond acceptors (Lipinski definition) is 15. The number of halogens is 4. The highest BCUT2D eigenvalue weighted by Gasteiger charge is 2.33. The number of carbonyl (C=O) groups is 3. The number of benzene rings is 2. The molecule has 0 bridgehead atoms. The van der Waals surface area contributed by atoms with E-state index in [0.717, 1.165) is 6.20 Å². The molecule has 0 spiro atoms. The number of aryl methyl sites for hydroxylation is 1. The first-order chi connectivity index (χ1) is 33.5. The summed E-state index contributed by atoms with van der Waals surface area (Å²) in [5.41, 5.74) is -0.591. The smallest absolute Gasteiger partial charge is 0.433 e. The molecule has 388 valence electrons. The van der Waals surface area contributed by atoms with Gasteiger partial charge in [0.15, 0.2) is 0 Å². The molecule has 1 aromatic heterocycles. The minimum absolute atomic E-state index is 0.0133. The van der Waals surface area contributed by atoms with Crippen LogP contribution in [0.15, 0.2) is 48.7 Å². The van der Waals surface area contributed by atoms with E-state index in [1.807, 2.05) is 0 Å². The minimum Gasteiger partial charge on any atom is -0.491 e. The van der Waals surface area contributed by atoms with E-state index in [2.05, 4.69) is 15.6 Å². The van der Waals surface area contributed by atoms with Crippen molar-refractivity contribution in [3.63, 3.8) is 0 Å². The summed E-state index contributed by atoms with van der Waals surface area (Å²) in [7, 11) is 1.54. The second-order valence-electron chi connectivity index (χ2n) is 16.0. The van der Waals surface area contributed by atoms with Crippen molar-refractivity contribution in [3.05, 3.63) is 76.1 Å². The normalized spacial score (nSPS) is 11.5. The molecule has 3 rings (SSSR count). The van der Waals surface area contributed by atoms with Crippen molar-refractivity contribution in [2.45, 2.75) is 45.9 Å². The van der Waals surface area contributed by atoms with Crippen LogP contribution in [0.2, 0.25) is 5.02 Å². The van der Waals surface area contributed by atoms with Gasteiger partial charge < -0.3 is 62.9 Å². The molecular weight excluding hydrogens is 947 g/mol. The van der Waals surface area contributed by atoms with E-state index in [0.29, 0.717) is 129 Å². The third kappa shape index (κ3) is 23.6. The Labute approximate surface area is 412 Å². The summed E-state index contributed by atoms with van der Waals surface area (Å²) < 4.78 is 94.6. The Balaban J connectivity index is 1.16. The number of ether oxygens (including phenoxy) is 10. The van der Waals surface area contributed by atoms with Gasteiger partial charge in [-0.1, -0.05) is 23.7 Å². The molecular formula is C48H65ClF3N5O13. The summed E-state index contributed by atoms with van der Waals surface area (Å²) >= 11 is 6.38. The van der Waals surface area contributed by atoms with Gasteiger partial charge in [-0.25, -0.2) is 4.79 Å². The van der Waals surface area contributed by atoms with Gasteiger partial charge >= 0.3 is 12.3 Å². The van der Waals surface area contributed by atoms with E-state index in [4.69, 9.17) is 59.0 Å². The van der Waals surface area contributed by atoms with Gasteiger partial charge in [-0.3, -0.25) is 14.6 Å². The molecule has 0 radical (unpaired) electrons. The van der Waals surface area contributed by atoms with E-state index in [-0.39, 0.29) is 59.4 Å². The number of carbonyl (C=O) groups excluding carboxylic acids is 3. The number of alkyl carbamates (subject to hydrolysis) is 1. The molecule has 0 saturated heterocycles. The lowest BCUT2D eigenvalue weighted by atomic mass is 9.99. The average Bonchev–Trinajstić information content (AvgIpc) is 3.31. The first kappa shape index (κ1) is 59.2. The van der Waals surface area contributed by atoms with Crippen LogP contribution in [-0.4, -0.2) is 161 Å². The Bertz CT molecular complexity index is 2090. The fourth-order valence-corrected chi connectivity index (χ4v) is 6.26. The zero-order valence-corrected chi connectivity index (χ0v) is 41.2. The van der Waals surface area contributed by atoms with Gasteiger partial charge in [-0.2, -0.15) is 18.4 Å². The molecule has 2 aromatic carbocycles. The van der Waals surface area contributed by atoms with Crippen molar-refractivity contribution in [2.24, 2.45) is 0 Å². The largest absolute Gasteiger partial charge is 0.491 e. The number of nitriles is 1. The van der Waals surface area contributed by atoms with Crippen molar-refractivity contribution < 1.29 is 74.9 Å². The molecule has 22 heteroatoms. The van der Waals surface area contributed by atoms with E-state index in [1.165, 1.54) is 30.1 Å². The summed E-state index contributed by atoms with van der Waals surface area (Å²) in [5, 5.41) is 15.1. The molecule has 18 nitrogen and oxygen atoms in total. The monoisotopic (exact) mass is 1010 g/mol. The van der Waals surface area contributed by atoms with Gasteiger partial charge in [-0.15, -0.1) is 0 Å². The topological polar surface area (TPSA) is 207 Å². The van der Waals surface area contributed by atoms with Crippen LogP contribution in [0.4, 0.5) is 23.7 Å². The number of rotatable bonds is 34. The molecule has 0 aliphatic heterocycles. The molecule has 0 aliphatic carbocycles. The summed E-state index contributed by atoms with van der Waals surface area (Å²) in [6.45, 7) is 14.3. The third-order valence-corrected chi connectivity index (χ3v) is 9.66. The second-order valence-corrected chi connectivity index (χ2v) is 16.4. The predicted octanol–water partition coefficient (Wildman–Crippen LogP) is 6.42. The SMILES string of the molecule is Cc1cccc(OCCC(=O)NCCOCCOCCOCCOCCOCCOCCOCCOCCNC(=O)OC(C)(C)C)c1N(C)C(=O)c1ccc(Cl)c(-c2cnc(C(F)(F)F)cc2C#N)c1. The van der Waals surface area contributed by atoms with Gasteiger partial charge in [0.1, 0.15) is 17.0 Å². The number of amides is 3. The van der Waals surface area contributed by atoms with Crippen LogP contribution in [0.5, 0.6) is 5.75 Å². The average molecular weight is 1010 g/mol. The molecule has 3 amide bonds. The van der Waals surface area contributed by atoms with Crippen molar-refractivity contribution in [1.82, 2.24) is 15.6 Å². The van der Waals surface area contributed by atoms with Gasteiger partial charge in [0, 0.05) is 48.0 Å². The van der Waals surface area contributed by atoms with Crippen molar-refractivity contribution in [1.29, 1.82) is 5.26 Å². The molecule has 0 saturated carbocycles. The lowest BCUT2D eigenvalue weighted by Crippen LogP contribution is -2.34. The van der Waals surface area contributed by atoms with Crippen LogP contribution in [0.3, 0.4) is 0 Å². The van der Waals surface area contributed by atoms with Crippen molar-refractivity contribution >= 4 is 35.2 Å². The first-order valence-corrected chi connectivity index (χ1v) is 23.0. The number of nitrogens with one attached hydrogen (secondary N) is 2. The molecule has 0 unspecified atom stereocenters. The van der Waals surface area contributed by atoms with Crippen LogP contribution in [-0.2, 0) is 53.6 Å². The van der Waals surface area contributed by atoms with E-state index >= 15 is 0 Å². The maximum atomic E-state index is 13.8. The highest BCUT2D eigenvalue weighted by Crippen LogP contribution is 2.36. The highest BCUT2D eigenvalue weighted by molar-refractivity contribution is 6.33. The standard InChI is InChI=1S/C48H65ClF3N5O13/c1-35-7-6-8-41(44(35)57(5)45(59)36-9-10-40(49)38(31-36)39-34-56-42(48(50,51)52)32-37(39)33-53)69-14-11-43(58)54-12-15-61-17-19-63-21-23-65-25-27-67-29-30-68-28-26-66-24-22-64-20-18-62-16-13-55-46(60)70-47(2,3)4/h6-10,31-32,34H,11-30H2,1-5H3,(H,54,58)(H,55,60). The second kappa shape index (κ2) is 32.7. The van der Waals surface area contributed by atoms with E-state index < -0.39 is 29.5 Å². The Morgan fingerprint density at radius 3 is 1.69 bits per heavy atom. The molecule has 0 atom stereocenters. The number of aromatic nitrogens is 1. The number of pyridine rings is 1. The van der Waals surface area contributed by atoms with E-state index in [9.17, 15) is 32.8 Å². The number of anilines is 1. The van der Waals surface area contributed by atoms with Gasteiger partial charge in [-0.05, 0) is 63.6 Å². The van der Waals surface area contributed by atoms with Crippen LogP contribution >= 0.6 is 11.6 Å². The predicted molar refractivity (Wildman–Crippen MR) is 252 cm³/mol. The third-order valence-electron chi connectivity index (χ3n) is 9.33. The minimum atomic E-state index is -4.75. The molecule has 0 aliphatic rings. The van der Waals surface area contributed by atoms with Gasteiger partial charge in [0.2, 0.25) is 5.91 Å². The molecule has 70 heavy (non-hydrogen) atoms. The van der Waals surface area contributed by atoms with E-state index in [1.54, 1.807) is 52.0 Å². The van der Waals surface area contributed by atoms with Gasteiger partial charge in [0.25, 0.3) is 5.91 Å². The van der Waals surface area contributed by atoms with Crippen LogP contribution in [0.25, 0.3) is 11.1 Å². The maximum absolute atomic E-state index is 13.8. The summed E-state index contributed by atoms with van der Waals surface area (Å²) in [5.74, 6) is -0.402. The fraction of sp³-hybridized carbons (Fsp3) is 0.562. The quantitative estimate of drug-likeness (QED) is 0.0619. The Hall–Kier alpha value is -5.15. The summed E-state index contributed by atoms with van der Waals surface area (Å²) in [4.78, 5) is 42.6. The van der Waals surface area contributed by atoms with Crippen molar-refractivity contribution in [3.8, 4) is 22.9 Å². The summed E-state index contributed by atoms with van der Waals surface area (Å²) in [6, 6.07) is 11.9. The summed E-state index contributed by atoms with van der Waals surface area (Å²) in [6.07, 6.45) is -4.29. The lowest BCUT2D eigenvalue weighted by Gasteiger charge is -2.23. The lowest BCUT2D eigenvalue weighted by molar-refractivity contribution is -0.141. The Morgan fingerprint density at radius 1 is 0.700 bits per heavy atom. The Morgan fingerprint density at radius 2 is 1.20 bits per heavy atom. The molecule has 2 N–H and O–H groups in total. The maximum Gasteiger partial charge on any atom is 0.433 e. The van der Waals surface area contributed by atoms with Crippen molar-refractivity contribution in [2.75, 3.05) is 137 Å². The molecule has 3 aromatic rings. The molecule has 1 heterocycles. The zero-order chi connectivity index (χ0) is 51.2. The van der Waals surface area contributed by atoms with Gasteiger partial charge in [0.05, 0.1) is 136 Å². The van der Waals surface area contributed by atoms with Crippen LogP contribution in [0, 0.1) is 18.3 Å². The molecule has 0 fully saturated rings. The number of hydrogen-bond donors (Lipinski definition) is 2. The number of para-hydroxylation sites is 1.